The molecule has 0 radical (unpaired) electrons. The van der Waals surface area contributed by atoms with Crippen molar-refractivity contribution < 1.29 is 4.39 Å². The van der Waals surface area contributed by atoms with Crippen LogP contribution in [0, 0.1) is 18.3 Å². The number of piperidine rings is 1. The second kappa shape index (κ2) is 3.91. The summed E-state index contributed by atoms with van der Waals surface area (Å²) in [4.78, 5) is 0. The lowest BCUT2D eigenvalue weighted by atomic mass is 9.81. The van der Waals surface area contributed by atoms with Crippen LogP contribution in [-0.2, 0) is 0 Å². The zero-order chi connectivity index (χ0) is 9.03. The van der Waals surface area contributed by atoms with Gasteiger partial charge in [-0.25, -0.2) is 4.39 Å². The summed E-state index contributed by atoms with van der Waals surface area (Å²) in [5, 5.41) is 3.17. The Labute approximate surface area is 73.7 Å². The highest BCUT2D eigenvalue weighted by atomic mass is 19.1. The molecule has 0 bridgehead atoms. The average molecular weight is 169 g/mol. The van der Waals surface area contributed by atoms with Gasteiger partial charge in [-0.1, -0.05) is 6.92 Å². The van der Waals surface area contributed by atoms with Gasteiger partial charge in [0.25, 0.3) is 0 Å². The van der Waals surface area contributed by atoms with Crippen molar-refractivity contribution in [3.8, 4) is 12.3 Å². The summed E-state index contributed by atoms with van der Waals surface area (Å²) in [5.74, 6) is 2.60. The summed E-state index contributed by atoms with van der Waals surface area (Å²) in [6, 6.07) is 0. The highest BCUT2D eigenvalue weighted by Gasteiger charge is 2.37. The van der Waals surface area contributed by atoms with Gasteiger partial charge < -0.3 is 5.32 Å². The van der Waals surface area contributed by atoms with Gasteiger partial charge in [0.2, 0.25) is 0 Å². The summed E-state index contributed by atoms with van der Waals surface area (Å²) in [6.07, 6.45) is 6.80. The maximum atomic E-state index is 14.0. The van der Waals surface area contributed by atoms with Crippen LogP contribution in [0.15, 0.2) is 0 Å². The van der Waals surface area contributed by atoms with Gasteiger partial charge in [-0.3, -0.25) is 0 Å². The first-order valence-corrected chi connectivity index (χ1v) is 4.52. The predicted octanol–water partition coefficient (Wildman–Crippen LogP) is 1.74. The van der Waals surface area contributed by atoms with Crippen LogP contribution < -0.4 is 5.32 Å². The fourth-order valence-corrected chi connectivity index (χ4v) is 1.70. The second-order valence-electron chi connectivity index (χ2n) is 3.59. The fourth-order valence-electron chi connectivity index (χ4n) is 1.70. The van der Waals surface area contributed by atoms with Crippen molar-refractivity contribution in [3.63, 3.8) is 0 Å². The average Bonchev–Trinajstić information content (AvgIpc) is 2.07. The number of rotatable bonds is 2. The number of nitrogens with one attached hydrogen (secondary N) is 1. The molecular formula is C10H16FN. The van der Waals surface area contributed by atoms with E-state index in [1.807, 2.05) is 6.92 Å². The van der Waals surface area contributed by atoms with Crippen LogP contribution in [0.4, 0.5) is 4.39 Å². The zero-order valence-corrected chi connectivity index (χ0v) is 7.57. The minimum Gasteiger partial charge on any atom is -0.316 e. The first-order chi connectivity index (χ1) is 5.69. The molecule has 1 fully saturated rings. The third-order valence-electron chi connectivity index (χ3n) is 2.74. The zero-order valence-electron chi connectivity index (χ0n) is 7.57. The molecule has 12 heavy (non-hydrogen) atoms. The van der Waals surface area contributed by atoms with E-state index in [2.05, 4.69) is 11.2 Å². The van der Waals surface area contributed by atoms with E-state index >= 15 is 0 Å². The van der Waals surface area contributed by atoms with E-state index < -0.39 is 5.67 Å². The molecule has 1 aliphatic rings. The van der Waals surface area contributed by atoms with Gasteiger partial charge in [-0.05, 0) is 19.4 Å². The number of halogens is 1. The van der Waals surface area contributed by atoms with E-state index in [1.54, 1.807) is 0 Å². The molecule has 2 unspecified atom stereocenters. The lowest BCUT2D eigenvalue weighted by Gasteiger charge is -2.35. The summed E-state index contributed by atoms with van der Waals surface area (Å²) >= 11 is 0. The van der Waals surface area contributed by atoms with Gasteiger partial charge in [-0.15, -0.1) is 12.3 Å². The molecule has 1 nitrogen and oxygen atoms in total. The van der Waals surface area contributed by atoms with E-state index in [1.165, 1.54) is 0 Å². The van der Waals surface area contributed by atoms with Gasteiger partial charge in [-0.2, -0.15) is 0 Å². The highest BCUT2D eigenvalue weighted by molar-refractivity contribution is 4.94. The number of alkyl halides is 1. The molecule has 1 rings (SSSR count). The minimum atomic E-state index is -1.02. The van der Waals surface area contributed by atoms with E-state index in [0.717, 1.165) is 13.1 Å². The summed E-state index contributed by atoms with van der Waals surface area (Å²) in [5.41, 5.74) is -1.02. The van der Waals surface area contributed by atoms with E-state index in [9.17, 15) is 4.39 Å². The first kappa shape index (κ1) is 9.54. The molecule has 1 aliphatic heterocycles. The topological polar surface area (TPSA) is 12.0 Å². The molecule has 1 saturated heterocycles. The molecule has 1 N–H and O–H groups in total. The largest absolute Gasteiger partial charge is 0.316 e. The van der Waals surface area contributed by atoms with Crippen molar-refractivity contribution in [2.45, 2.75) is 31.9 Å². The Morgan fingerprint density at radius 2 is 2.50 bits per heavy atom. The van der Waals surface area contributed by atoms with Crippen LogP contribution >= 0.6 is 0 Å². The highest BCUT2D eigenvalue weighted by Crippen LogP contribution is 2.32. The van der Waals surface area contributed by atoms with Crippen molar-refractivity contribution in [3.05, 3.63) is 0 Å². The van der Waals surface area contributed by atoms with Crippen molar-refractivity contribution in [2.75, 3.05) is 13.1 Å². The van der Waals surface area contributed by atoms with Gasteiger partial charge in [0, 0.05) is 18.9 Å². The molecule has 0 spiro atoms. The van der Waals surface area contributed by atoms with Crippen molar-refractivity contribution in [2.24, 2.45) is 5.92 Å². The van der Waals surface area contributed by atoms with Crippen LogP contribution in [0.1, 0.15) is 26.2 Å². The van der Waals surface area contributed by atoms with Crippen molar-refractivity contribution in [1.82, 2.24) is 5.32 Å². The Balaban J connectivity index is 2.48. The molecule has 0 aromatic rings. The normalized spacial score (nSPS) is 35.9. The summed E-state index contributed by atoms with van der Waals surface area (Å²) in [6.45, 7) is 3.51. The third kappa shape index (κ3) is 1.98. The van der Waals surface area contributed by atoms with E-state index in [4.69, 9.17) is 6.42 Å². The Morgan fingerprint density at radius 1 is 1.75 bits per heavy atom. The number of hydrogen-bond donors (Lipinski definition) is 1. The molecule has 0 aromatic heterocycles. The molecule has 0 amide bonds. The van der Waals surface area contributed by atoms with Gasteiger partial charge in [0.15, 0.2) is 0 Å². The van der Waals surface area contributed by atoms with Crippen LogP contribution in [0.5, 0.6) is 0 Å². The van der Waals surface area contributed by atoms with Crippen LogP contribution in [0.2, 0.25) is 0 Å². The Kier molecular flexibility index (Phi) is 3.11. The molecule has 2 atom stereocenters. The minimum absolute atomic E-state index is 0.0969. The van der Waals surface area contributed by atoms with Gasteiger partial charge in [0.05, 0.1) is 0 Å². The first-order valence-electron chi connectivity index (χ1n) is 4.52. The van der Waals surface area contributed by atoms with E-state index in [0.29, 0.717) is 19.3 Å². The fraction of sp³-hybridized carbons (Fsp3) is 0.800. The Hall–Kier alpha value is -0.550. The maximum absolute atomic E-state index is 14.0. The Bertz CT molecular complexity index is 185. The van der Waals surface area contributed by atoms with Gasteiger partial charge >= 0.3 is 0 Å². The van der Waals surface area contributed by atoms with Crippen LogP contribution in [-0.4, -0.2) is 18.8 Å². The number of terminal acetylenes is 1. The molecule has 68 valence electrons. The number of hydrogen-bond acceptors (Lipinski definition) is 1. The molecule has 2 heteroatoms. The van der Waals surface area contributed by atoms with Crippen LogP contribution in [0.3, 0.4) is 0 Å². The van der Waals surface area contributed by atoms with E-state index in [-0.39, 0.29) is 5.92 Å². The van der Waals surface area contributed by atoms with Crippen LogP contribution in [0.25, 0.3) is 0 Å². The summed E-state index contributed by atoms with van der Waals surface area (Å²) < 4.78 is 14.0. The second-order valence-corrected chi connectivity index (χ2v) is 3.59. The maximum Gasteiger partial charge on any atom is 0.117 e. The molecule has 0 saturated carbocycles. The predicted molar refractivity (Wildman–Crippen MR) is 48.6 cm³/mol. The van der Waals surface area contributed by atoms with Crippen molar-refractivity contribution in [1.29, 1.82) is 0 Å². The standard InChI is InChI=1S/C10H16FN/c1-3-4-5-10(11)6-7-12-8-9(10)2/h1,9,12H,4-8H2,2H3. The molecular weight excluding hydrogens is 153 g/mol. The lowest BCUT2D eigenvalue weighted by molar-refractivity contribution is 0.0504. The quantitative estimate of drug-likeness (QED) is 0.621. The SMILES string of the molecule is C#CCCC1(F)CCNCC1C. The molecule has 0 aliphatic carbocycles. The monoisotopic (exact) mass is 169 g/mol. The van der Waals surface area contributed by atoms with Gasteiger partial charge in [0.1, 0.15) is 5.67 Å². The molecule has 0 aromatic carbocycles. The summed E-state index contributed by atoms with van der Waals surface area (Å²) in [7, 11) is 0. The third-order valence-corrected chi connectivity index (χ3v) is 2.74. The lowest BCUT2D eigenvalue weighted by Crippen LogP contribution is -2.45. The smallest absolute Gasteiger partial charge is 0.117 e. The Morgan fingerprint density at radius 3 is 3.08 bits per heavy atom. The molecule has 1 heterocycles. The van der Waals surface area contributed by atoms with Crippen molar-refractivity contribution >= 4 is 0 Å².